The monoisotopic (exact) mass is 469 g/mol. The molecule has 0 spiro atoms. The number of nitrogens with one attached hydrogen (secondary N) is 4. The summed E-state index contributed by atoms with van der Waals surface area (Å²) in [5.74, 6) is 0.441. The second-order valence-electron chi connectivity index (χ2n) is 7.88. The van der Waals surface area contributed by atoms with Crippen molar-refractivity contribution in [3.63, 3.8) is 0 Å². The van der Waals surface area contributed by atoms with Crippen LogP contribution in [0, 0.1) is 0 Å². The lowest BCUT2D eigenvalue weighted by Gasteiger charge is -2.14. The van der Waals surface area contributed by atoms with E-state index in [0.29, 0.717) is 41.6 Å². The molecule has 4 N–H and O–H groups in total. The maximum absolute atomic E-state index is 12.9. The van der Waals surface area contributed by atoms with Gasteiger partial charge in [0.05, 0.1) is 12.8 Å². The number of rotatable bonds is 7. The maximum Gasteiger partial charge on any atom is 0.257 e. The average Bonchev–Trinajstić information content (AvgIpc) is 3.27. The number of H-pyrrole nitrogens is 1. The molecule has 0 radical (unpaired) electrons. The van der Waals surface area contributed by atoms with E-state index in [1.807, 2.05) is 48.7 Å². The van der Waals surface area contributed by atoms with E-state index in [1.165, 1.54) is 6.92 Å². The van der Waals surface area contributed by atoms with Crippen LogP contribution in [0.25, 0.3) is 10.9 Å². The molecule has 0 aliphatic heterocycles. The van der Waals surface area contributed by atoms with Crippen LogP contribution in [0.3, 0.4) is 0 Å². The Balaban J connectivity index is 1.52. The molecular weight excluding hydrogens is 442 g/mol. The number of aromatic nitrogens is 1. The lowest BCUT2D eigenvalue weighted by atomic mass is 10.1. The highest BCUT2D eigenvalue weighted by atomic mass is 16.5. The van der Waals surface area contributed by atoms with Crippen LogP contribution < -0.4 is 20.7 Å². The predicted molar refractivity (Wildman–Crippen MR) is 139 cm³/mol. The van der Waals surface area contributed by atoms with Crippen LogP contribution in [0.1, 0.15) is 22.8 Å². The first-order valence-electron chi connectivity index (χ1n) is 11.2. The van der Waals surface area contributed by atoms with Crippen LogP contribution in [0.5, 0.6) is 5.75 Å². The number of para-hydroxylation sites is 3. The van der Waals surface area contributed by atoms with Crippen molar-refractivity contribution in [1.82, 2.24) is 10.3 Å². The molecule has 0 atom stereocenters. The van der Waals surface area contributed by atoms with E-state index in [-0.39, 0.29) is 11.8 Å². The van der Waals surface area contributed by atoms with Gasteiger partial charge in [-0.05, 0) is 54.4 Å². The molecule has 8 nitrogen and oxygen atoms in total. The number of carbonyl (C=O) groups is 2. The zero-order valence-electron chi connectivity index (χ0n) is 19.6. The van der Waals surface area contributed by atoms with Crippen LogP contribution in [0.15, 0.2) is 84.0 Å². The molecule has 1 heterocycles. The van der Waals surface area contributed by atoms with Gasteiger partial charge in [0.25, 0.3) is 5.91 Å². The third-order valence-electron chi connectivity index (χ3n) is 5.39. The number of benzene rings is 3. The topological polar surface area (TPSA) is 108 Å². The molecule has 178 valence electrons. The third-order valence-corrected chi connectivity index (χ3v) is 5.39. The standard InChI is InChI=1S/C27H27N5O3/c1-18(33)30-21-13-11-19(12-14-21)26(34)32-27(31-24-9-5-6-10-25(24)35-2)28-16-15-20-17-29-23-8-4-3-7-22(20)23/h3-14,17,29H,15-16H2,1-2H3,(H,30,33)(H2,28,31,32,34). The molecule has 2 amide bonds. The van der Waals surface area contributed by atoms with Gasteiger partial charge < -0.3 is 20.4 Å². The number of nitrogens with zero attached hydrogens (tertiary/aromatic N) is 1. The smallest absolute Gasteiger partial charge is 0.257 e. The summed E-state index contributed by atoms with van der Waals surface area (Å²) in [4.78, 5) is 32.1. The van der Waals surface area contributed by atoms with Crippen LogP contribution >= 0.6 is 0 Å². The highest BCUT2D eigenvalue weighted by Crippen LogP contribution is 2.23. The van der Waals surface area contributed by atoms with Gasteiger partial charge in [-0.2, -0.15) is 0 Å². The molecule has 0 aliphatic carbocycles. The van der Waals surface area contributed by atoms with E-state index in [2.05, 4.69) is 32.0 Å². The predicted octanol–water partition coefficient (Wildman–Crippen LogP) is 4.58. The quantitative estimate of drug-likeness (QED) is 0.235. The second kappa shape index (κ2) is 11.0. The van der Waals surface area contributed by atoms with Crippen molar-refractivity contribution in [2.24, 2.45) is 4.99 Å². The number of hydrogen-bond acceptors (Lipinski definition) is 4. The zero-order valence-corrected chi connectivity index (χ0v) is 19.6. The molecule has 0 unspecified atom stereocenters. The summed E-state index contributed by atoms with van der Waals surface area (Å²) in [7, 11) is 1.59. The number of ether oxygens (including phenoxy) is 1. The van der Waals surface area contributed by atoms with Gasteiger partial charge in [-0.25, -0.2) is 0 Å². The van der Waals surface area contributed by atoms with Gasteiger partial charge in [-0.1, -0.05) is 30.3 Å². The van der Waals surface area contributed by atoms with E-state index in [1.54, 1.807) is 31.4 Å². The van der Waals surface area contributed by atoms with Crippen molar-refractivity contribution in [3.05, 3.63) is 90.1 Å². The Morgan fingerprint density at radius 1 is 0.943 bits per heavy atom. The van der Waals surface area contributed by atoms with Gasteiger partial charge in [0.2, 0.25) is 11.9 Å². The molecule has 3 aromatic carbocycles. The van der Waals surface area contributed by atoms with E-state index in [9.17, 15) is 9.59 Å². The summed E-state index contributed by atoms with van der Waals surface area (Å²) in [6, 6.07) is 22.2. The molecule has 1 aromatic heterocycles. The minimum absolute atomic E-state index is 0.173. The number of fused-ring (bicyclic) bond motifs is 1. The number of anilines is 2. The number of hydrogen-bond donors (Lipinski definition) is 4. The van der Waals surface area contributed by atoms with Gasteiger partial charge in [0.15, 0.2) is 0 Å². The molecule has 8 heteroatoms. The second-order valence-corrected chi connectivity index (χ2v) is 7.88. The Morgan fingerprint density at radius 2 is 1.69 bits per heavy atom. The molecule has 0 aliphatic rings. The molecule has 0 saturated carbocycles. The van der Waals surface area contributed by atoms with Crippen LogP contribution in [0.2, 0.25) is 0 Å². The zero-order chi connectivity index (χ0) is 24.6. The van der Waals surface area contributed by atoms with Crippen molar-refractivity contribution in [1.29, 1.82) is 0 Å². The number of amides is 2. The lowest BCUT2D eigenvalue weighted by Crippen LogP contribution is -2.36. The van der Waals surface area contributed by atoms with Gasteiger partial charge >= 0.3 is 0 Å². The largest absolute Gasteiger partial charge is 0.495 e. The number of aromatic amines is 1. The maximum atomic E-state index is 12.9. The SMILES string of the molecule is COc1ccccc1NC(=NCCc1c[nH]c2ccccc12)NC(=O)c1ccc(NC(C)=O)cc1. The Kier molecular flexibility index (Phi) is 7.42. The summed E-state index contributed by atoms with van der Waals surface area (Å²) in [6.45, 7) is 1.89. The first-order valence-corrected chi connectivity index (χ1v) is 11.2. The van der Waals surface area contributed by atoms with Crippen LogP contribution in [-0.2, 0) is 11.2 Å². The van der Waals surface area contributed by atoms with Crippen molar-refractivity contribution < 1.29 is 14.3 Å². The molecule has 35 heavy (non-hydrogen) atoms. The Labute approximate surface area is 203 Å². The number of aliphatic imine (C=N–C) groups is 1. The summed E-state index contributed by atoms with van der Waals surface area (Å²) in [6.07, 6.45) is 2.69. The summed E-state index contributed by atoms with van der Waals surface area (Å²) in [5, 5.41) is 9.89. The minimum Gasteiger partial charge on any atom is -0.495 e. The van der Waals surface area contributed by atoms with Crippen molar-refractivity contribution >= 4 is 40.1 Å². The van der Waals surface area contributed by atoms with E-state index in [0.717, 1.165) is 16.5 Å². The van der Waals surface area contributed by atoms with Gasteiger partial charge in [0.1, 0.15) is 5.75 Å². The van der Waals surface area contributed by atoms with Crippen molar-refractivity contribution in [2.75, 3.05) is 24.3 Å². The van der Waals surface area contributed by atoms with Crippen molar-refractivity contribution in [2.45, 2.75) is 13.3 Å². The van der Waals surface area contributed by atoms with Crippen LogP contribution in [-0.4, -0.2) is 36.4 Å². The Bertz CT molecular complexity index is 1360. The fourth-order valence-electron chi connectivity index (χ4n) is 3.70. The molecule has 4 rings (SSSR count). The highest BCUT2D eigenvalue weighted by molar-refractivity contribution is 6.10. The molecular formula is C27H27N5O3. The number of guanidine groups is 1. The van der Waals surface area contributed by atoms with Crippen LogP contribution in [0.4, 0.5) is 11.4 Å². The Morgan fingerprint density at radius 3 is 2.46 bits per heavy atom. The summed E-state index contributed by atoms with van der Waals surface area (Å²) < 4.78 is 5.42. The fraction of sp³-hybridized carbons (Fsp3) is 0.148. The number of carbonyl (C=O) groups excluding carboxylic acids is 2. The Hall–Kier alpha value is -4.59. The van der Waals surface area contributed by atoms with E-state index in [4.69, 9.17) is 4.74 Å². The fourth-order valence-corrected chi connectivity index (χ4v) is 3.70. The van der Waals surface area contributed by atoms with E-state index < -0.39 is 0 Å². The summed E-state index contributed by atoms with van der Waals surface area (Å²) >= 11 is 0. The van der Waals surface area contributed by atoms with Gasteiger partial charge in [0, 0.05) is 41.8 Å². The minimum atomic E-state index is -0.326. The molecule has 0 bridgehead atoms. The van der Waals surface area contributed by atoms with E-state index >= 15 is 0 Å². The molecule has 0 saturated heterocycles. The normalized spacial score (nSPS) is 11.2. The first-order chi connectivity index (χ1) is 17.0. The molecule has 0 fully saturated rings. The van der Waals surface area contributed by atoms with Crippen molar-refractivity contribution in [3.8, 4) is 5.75 Å². The highest BCUT2D eigenvalue weighted by Gasteiger charge is 2.12. The van der Waals surface area contributed by atoms with Gasteiger partial charge in [-0.3, -0.25) is 19.9 Å². The average molecular weight is 470 g/mol. The lowest BCUT2D eigenvalue weighted by molar-refractivity contribution is -0.114. The number of methoxy groups -OCH3 is 1. The summed E-state index contributed by atoms with van der Waals surface area (Å²) in [5.41, 5.74) is 3.97. The third kappa shape index (κ3) is 6.05. The first kappa shape index (κ1) is 23.6. The molecule has 4 aromatic rings. The van der Waals surface area contributed by atoms with Gasteiger partial charge in [-0.15, -0.1) is 0 Å².